The molecular formula is C22H25N3O3. The lowest BCUT2D eigenvalue weighted by atomic mass is 9.87. The number of amides is 1. The summed E-state index contributed by atoms with van der Waals surface area (Å²) in [5, 5.41) is 20.8. The van der Waals surface area contributed by atoms with Crippen molar-refractivity contribution < 1.29 is 14.3 Å². The summed E-state index contributed by atoms with van der Waals surface area (Å²) in [6.45, 7) is 8.24. The minimum atomic E-state index is -0.226. The van der Waals surface area contributed by atoms with Gasteiger partial charge >= 0.3 is 0 Å². The molecule has 2 aromatic carbocycles. The number of nitrogens with one attached hydrogen (secondary N) is 1. The Morgan fingerprint density at radius 2 is 1.82 bits per heavy atom. The lowest BCUT2D eigenvalue weighted by molar-refractivity contribution is -0.116. The Kier molecular flexibility index (Phi) is 5.49. The van der Waals surface area contributed by atoms with Crippen LogP contribution in [0.4, 0.5) is 5.69 Å². The van der Waals surface area contributed by atoms with Crippen LogP contribution in [-0.4, -0.2) is 21.2 Å². The molecule has 1 aromatic heterocycles. The second-order valence-corrected chi connectivity index (χ2v) is 7.90. The van der Waals surface area contributed by atoms with Gasteiger partial charge in [0.1, 0.15) is 5.75 Å². The van der Waals surface area contributed by atoms with Crippen LogP contribution in [0.3, 0.4) is 0 Å². The number of nitrogens with zero attached hydrogens (tertiary/aromatic N) is 2. The quantitative estimate of drug-likeness (QED) is 0.632. The van der Waals surface area contributed by atoms with Gasteiger partial charge in [0.2, 0.25) is 17.7 Å². The molecule has 1 heterocycles. The summed E-state index contributed by atoms with van der Waals surface area (Å²) in [5.41, 5.74) is 3.35. The number of aromatic hydroxyl groups is 1. The fourth-order valence-electron chi connectivity index (χ4n) is 2.70. The molecule has 0 aliphatic heterocycles. The van der Waals surface area contributed by atoms with Crippen LogP contribution in [0.5, 0.6) is 5.75 Å². The molecule has 0 fully saturated rings. The maximum absolute atomic E-state index is 12.3. The van der Waals surface area contributed by atoms with Crippen LogP contribution in [0.1, 0.15) is 44.2 Å². The van der Waals surface area contributed by atoms with Crippen LogP contribution < -0.4 is 5.32 Å². The average Bonchev–Trinajstić information content (AvgIpc) is 3.10. The van der Waals surface area contributed by atoms with E-state index in [0.717, 1.165) is 16.7 Å². The first-order valence-corrected chi connectivity index (χ1v) is 9.25. The van der Waals surface area contributed by atoms with Crippen LogP contribution in [0.2, 0.25) is 0 Å². The highest BCUT2D eigenvalue weighted by atomic mass is 16.4. The number of aromatic nitrogens is 2. The Bertz CT molecular complexity index is 969. The van der Waals surface area contributed by atoms with Crippen molar-refractivity contribution in [2.75, 3.05) is 5.32 Å². The van der Waals surface area contributed by atoms with Crippen molar-refractivity contribution in [3.63, 3.8) is 0 Å². The van der Waals surface area contributed by atoms with E-state index < -0.39 is 0 Å². The zero-order chi connectivity index (χ0) is 20.3. The van der Waals surface area contributed by atoms with Crippen molar-refractivity contribution in [3.05, 3.63) is 59.5 Å². The van der Waals surface area contributed by atoms with Gasteiger partial charge in [-0.15, -0.1) is 10.2 Å². The fraction of sp³-hybridized carbons (Fsp3) is 0.318. The van der Waals surface area contributed by atoms with Gasteiger partial charge in [-0.25, -0.2) is 0 Å². The van der Waals surface area contributed by atoms with Crippen LogP contribution in [0.25, 0.3) is 11.5 Å². The van der Waals surface area contributed by atoms with Crippen molar-refractivity contribution in [3.8, 4) is 17.2 Å². The second kappa shape index (κ2) is 7.84. The lowest BCUT2D eigenvalue weighted by Gasteiger charge is -2.20. The Morgan fingerprint density at radius 1 is 1.11 bits per heavy atom. The van der Waals surface area contributed by atoms with Gasteiger partial charge in [0, 0.05) is 18.4 Å². The van der Waals surface area contributed by atoms with Crippen molar-refractivity contribution in [1.29, 1.82) is 0 Å². The minimum Gasteiger partial charge on any atom is -0.506 e. The van der Waals surface area contributed by atoms with E-state index >= 15 is 0 Å². The lowest BCUT2D eigenvalue weighted by Crippen LogP contribution is -2.15. The smallest absolute Gasteiger partial charge is 0.247 e. The number of phenolic OH excluding ortho intramolecular Hbond substituents is 1. The Labute approximate surface area is 164 Å². The molecule has 0 saturated heterocycles. The molecule has 0 atom stereocenters. The summed E-state index contributed by atoms with van der Waals surface area (Å²) < 4.78 is 5.65. The molecule has 1 amide bonds. The van der Waals surface area contributed by atoms with Gasteiger partial charge in [0.15, 0.2) is 0 Å². The molecular weight excluding hydrogens is 354 g/mol. The second-order valence-electron chi connectivity index (χ2n) is 7.90. The third-order valence-corrected chi connectivity index (χ3v) is 4.47. The number of hydrogen-bond donors (Lipinski definition) is 2. The molecule has 3 aromatic rings. The number of hydrogen-bond acceptors (Lipinski definition) is 5. The van der Waals surface area contributed by atoms with Gasteiger partial charge in [-0.1, -0.05) is 44.5 Å². The van der Waals surface area contributed by atoms with Gasteiger partial charge < -0.3 is 14.8 Å². The molecule has 0 unspecified atom stereocenters. The van der Waals surface area contributed by atoms with Gasteiger partial charge in [0.05, 0.1) is 5.69 Å². The summed E-state index contributed by atoms with van der Waals surface area (Å²) in [4.78, 5) is 12.3. The molecule has 6 nitrogen and oxygen atoms in total. The number of aryl methyl sites for hydroxylation is 2. The topological polar surface area (TPSA) is 88.2 Å². The van der Waals surface area contributed by atoms with Gasteiger partial charge in [0.25, 0.3) is 0 Å². The monoisotopic (exact) mass is 379 g/mol. The van der Waals surface area contributed by atoms with Gasteiger partial charge in [-0.3, -0.25) is 4.79 Å². The molecule has 0 radical (unpaired) electrons. The fourth-order valence-corrected chi connectivity index (χ4v) is 2.70. The molecule has 0 aliphatic rings. The van der Waals surface area contributed by atoms with E-state index in [2.05, 4.69) is 36.3 Å². The summed E-state index contributed by atoms with van der Waals surface area (Å²) >= 11 is 0. The van der Waals surface area contributed by atoms with Crippen LogP contribution in [0, 0.1) is 6.92 Å². The van der Waals surface area contributed by atoms with E-state index in [4.69, 9.17) is 4.42 Å². The Morgan fingerprint density at radius 3 is 2.50 bits per heavy atom. The van der Waals surface area contributed by atoms with Crippen LogP contribution in [-0.2, 0) is 16.6 Å². The van der Waals surface area contributed by atoms with E-state index in [0.29, 0.717) is 23.9 Å². The first kappa shape index (κ1) is 19.6. The van der Waals surface area contributed by atoms with Crippen molar-refractivity contribution >= 4 is 11.6 Å². The van der Waals surface area contributed by atoms with Gasteiger partial charge in [-0.05, 0) is 42.2 Å². The number of anilines is 1. The molecule has 146 valence electrons. The number of carbonyl (C=O) groups excluding carboxylic acids is 1. The number of carbonyl (C=O) groups is 1. The molecule has 28 heavy (non-hydrogen) atoms. The molecule has 0 saturated carbocycles. The standard InChI is InChI=1S/C22H25N3O3/c1-14-5-7-15(8-6-14)21-25-24-20(28-21)12-11-19(27)23-17-13-16(22(2,3)4)9-10-18(17)26/h5-10,13,26H,11-12H2,1-4H3,(H,23,27). The maximum atomic E-state index is 12.3. The van der Waals surface area contributed by atoms with E-state index in [1.807, 2.05) is 37.3 Å². The summed E-state index contributed by atoms with van der Waals surface area (Å²) in [5.74, 6) is 0.654. The van der Waals surface area contributed by atoms with E-state index in [1.165, 1.54) is 0 Å². The molecule has 2 N–H and O–H groups in total. The molecule has 3 rings (SSSR count). The van der Waals surface area contributed by atoms with Crippen LogP contribution >= 0.6 is 0 Å². The predicted octanol–water partition coefficient (Wildman–Crippen LogP) is 4.62. The van der Waals surface area contributed by atoms with Crippen molar-refractivity contribution in [2.24, 2.45) is 0 Å². The van der Waals surface area contributed by atoms with E-state index in [1.54, 1.807) is 12.1 Å². The van der Waals surface area contributed by atoms with Crippen molar-refractivity contribution in [1.82, 2.24) is 10.2 Å². The first-order valence-electron chi connectivity index (χ1n) is 9.25. The minimum absolute atomic E-state index is 0.0424. The third kappa shape index (κ3) is 4.76. The van der Waals surface area contributed by atoms with E-state index in [9.17, 15) is 9.90 Å². The SMILES string of the molecule is Cc1ccc(-c2nnc(CCC(=O)Nc3cc(C(C)(C)C)ccc3O)o2)cc1. The van der Waals surface area contributed by atoms with Crippen molar-refractivity contribution in [2.45, 2.75) is 46.0 Å². The van der Waals surface area contributed by atoms with E-state index in [-0.39, 0.29) is 23.5 Å². The number of benzene rings is 2. The average molecular weight is 379 g/mol. The Balaban J connectivity index is 1.61. The zero-order valence-electron chi connectivity index (χ0n) is 16.6. The van der Waals surface area contributed by atoms with Crippen LogP contribution in [0.15, 0.2) is 46.9 Å². The third-order valence-electron chi connectivity index (χ3n) is 4.47. The molecule has 6 heteroatoms. The normalized spacial score (nSPS) is 11.4. The number of phenols is 1. The molecule has 0 aliphatic carbocycles. The summed E-state index contributed by atoms with van der Waals surface area (Å²) in [6.07, 6.45) is 0.499. The first-order chi connectivity index (χ1) is 13.2. The number of rotatable bonds is 5. The largest absolute Gasteiger partial charge is 0.506 e. The summed E-state index contributed by atoms with van der Waals surface area (Å²) in [7, 11) is 0. The molecule has 0 spiro atoms. The highest BCUT2D eigenvalue weighted by molar-refractivity contribution is 5.92. The highest BCUT2D eigenvalue weighted by Crippen LogP contribution is 2.30. The summed E-state index contributed by atoms with van der Waals surface area (Å²) in [6, 6.07) is 13.1. The zero-order valence-corrected chi connectivity index (χ0v) is 16.6. The highest BCUT2D eigenvalue weighted by Gasteiger charge is 2.17. The predicted molar refractivity (Wildman–Crippen MR) is 108 cm³/mol. The van der Waals surface area contributed by atoms with Gasteiger partial charge in [-0.2, -0.15) is 0 Å². The maximum Gasteiger partial charge on any atom is 0.247 e. The Hall–Kier alpha value is -3.15. The molecule has 0 bridgehead atoms.